The van der Waals surface area contributed by atoms with Crippen LogP contribution in [0.25, 0.3) is 23.0 Å². The lowest BCUT2D eigenvalue weighted by atomic mass is 10.2. The van der Waals surface area contributed by atoms with Crippen molar-refractivity contribution in [3.63, 3.8) is 0 Å². The number of carbonyl (C=O) groups excluding carboxylic acids is 1. The van der Waals surface area contributed by atoms with E-state index < -0.39 is 17.6 Å². The monoisotopic (exact) mass is 513 g/mol. The maximum absolute atomic E-state index is 14.9. The average Bonchev–Trinajstić information content (AvgIpc) is 3.37. The molecule has 0 amide bonds. The molecule has 1 fully saturated rings. The van der Waals surface area contributed by atoms with Crippen LogP contribution in [0.15, 0.2) is 67.0 Å². The number of hydrogen-bond donors (Lipinski definition) is 0. The van der Waals surface area contributed by atoms with Gasteiger partial charge in [-0.2, -0.15) is 13.2 Å². The highest BCUT2D eigenvalue weighted by molar-refractivity contribution is 5.80. The first-order valence-corrected chi connectivity index (χ1v) is 11.3. The average molecular weight is 513 g/mol. The minimum Gasteiger partial charge on any atom is -0.368 e. The summed E-state index contributed by atoms with van der Waals surface area (Å²) in [6.45, 7) is 3.59. The van der Waals surface area contributed by atoms with E-state index in [4.69, 9.17) is 0 Å². The van der Waals surface area contributed by atoms with Crippen molar-refractivity contribution in [1.82, 2.24) is 29.9 Å². The summed E-state index contributed by atoms with van der Waals surface area (Å²) in [4.78, 5) is 23.7. The van der Waals surface area contributed by atoms with E-state index in [1.54, 1.807) is 12.4 Å². The molecule has 0 N–H and O–H groups in total. The largest absolute Gasteiger partial charge is 0.416 e. The molecule has 192 valence electrons. The van der Waals surface area contributed by atoms with Crippen LogP contribution in [-0.2, 0) is 11.0 Å². The molecule has 1 aliphatic rings. The predicted octanol–water partition coefficient (Wildman–Crippen LogP) is 4.11. The van der Waals surface area contributed by atoms with Gasteiger partial charge < -0.3 is 9.80 Å². The Hall–Kier alpha value is -4.19. The van der Waals surface area contributed by atoms with Gasteiger partial charge in [0.25, 0.3) is 0 Å². The van der Waals surface area contributed by atoms with Gasteiger partial charge in [-0.3, -0.25) is 14.8 Å². The number of carbonyl (C=O) groups is 1. The third kappa shape index (κ3) is 6.53. The Balaban J connectivity index is 1.53. The second-order valence-corrected chi connectivity index (χ2v) is 8.30. The molecule has 4 heterocycles. The molecular formula is C25H23F4N7O. The lowest BCUT2D eigenvalue weighted by Gasteiger charge is -2.33. The topological polar surface area (TPSA) is 80.0 Å². The zero-order valence-electron chi connectivity index (χ0n) is 19.8. The van der Waals surface area contributed by atoms with E-state index in [0.717, 1.165) is 67.0 Å². The van der Waals surface area contributed by atoms with Crippen molar-refractivity contribution in [3.8, 4) is 11.3 Å². The third-order valence-electron chi connectivity index (χ3n) is 5.72. The smallest absolute Gasteiger partial charge is 0.368 e. The van der Waals surface area contributed by atoms with Gasteiger partial charge in [0, 0.05) is 50.2 Å². The summed E-state index contributed by atoms with van der Waals surface area (Å²) in [7, 11) is 2.07. The third-order valence-corrected chi connectivity index (χ3v) is 5.72. The summed E-state index contributed by atoms with van der Waals surface area (Å²) in [5.41, 5.74) is 0.969. The van der Waals surface area contributed by atoms with Crippen molar-refractivity contribution in [2.24, 2.45) is 0 Å². The minimum absolute atomic E-state index is 0.00411. The zero-order chi connectivity index (χ0) is 26.4. The Morgan fingerprint density at radius 2 is 1.86 bits per heavy atom. The lowest BCUT2D eigenvalue weighted by Crippen LogP contribution is -2.44. The number of aromatic nitrogens is 5. The molecule has 1 aliphatic heterocycles. The number of likely N-dealkylation sites (N-methyl/N-ethyl adjacent to an activating group) is 1. The van der Waals surface area contributed by atoms with Crippen molar-refractivity contribution in [3.05, 3.63) is 78.3 Å². The molecule has 4 rings (SSSR count). The normalized spacial score (nSPS) is 16.0. The highest BCUT2D eigenvalue weighted by Crippen LogP contribution is 2.29. The van der Waals surface area contributed by atoms with Crippen molar-refractivity contribution in [2.45, 2.75) is 6.18 Å². The van der Waals surface area contributed by atoms with E-state index in [1.165, 1.54) is 18.3 Å². The van der Waals surface area contributed by atoms with Crippen LogP contribution in [0.3, 0.4) is 0 Å². The fraction of sp³-hybridized carbons (Fsp3) is 0.240. The number of rotatable bonds is 7. The molecule has 0 spiro atoms. The molecular weight excluding hydrogens is 490 g/mol. The van der Waals surface area contributed by atoms with Crippen LogP contribution in [0.4, 0.5) is 23.2 Å². The van der Waals surface area contributed by atoms with Gasteiger partial charge in [-0.25, -0.2) is 9.07 Å². The van der Waals surface area contributed by atoms with Gasteiger partial charge in [-0.05, 0) is 37.4 Å². The molecule has 0 saturated carbocycles. The standard InChI is InChI=1S/C25H23F4N7O/c1-34-8-10-35(11-9-34)21-13-18(15-30-16-21)23-17-36(33-32-23)24(6-12-37)22(26)4-2-3-20-14-19(5-7-31-20)25(27,28)29/h2-7,12-17H,8-11H2,1H3/b3-2+,22-4+,24-6+. The van der Waals surface area contributed by atoms with Crippen LogP contribution in [0.1, 0.15) is 11.3 Å². The first kappa shape index (κ1) is 25.9. The van der Waals surface area contributed by atoms with E-state index in [2.05, 4.69) is 37.1 Å². The quantitative estimate of drug-likeness (QED) is 0.204. The number of pyridine rings is 2. The fourth-order valence-electron chi connectivity index (χ4n) is 3.68. The van der Waals surface area contributed by atoms with Crippen LogP contribution < -0.4 is 4.90 Å². The molecule has 0 aliphatic carbocycles. The molecule has 0 aromatic carbocycles. The van der Waals surface area contributed by atoms with Crippen LogP contribution in [-0.4, -0.2) is 69.4 Å². The van der Waals surface area contributed by atoms with E-state index in [1.807, 2.05) is 6.07 Å². The van der Waals surface area contributed by atoms with Crippen molar-refractivity contribution in [1.29, 1.82) is 0 Å². The highest BCUT2D eigenvalue weighted by Gasteiger charge is 2.30. The predicted molar refractivity (Wildman–Crippen MR) is 131 cm³/mol. The van der Waals surface area contributed by atoms with Gasteiger partial charge in [0.05, 0.1) is 29.3 Å². The zero-order valence-corrected chi connectivity index (χ0v) is 19.8. The van der Waals surface area contributed by atoms with E-state index in [9.17, 15) is 22.4 Å². The number of hydrogen-bond acceptors (Lipinski definition) is 7. The van der Waals surface area contributed by atoms with E-state index in [0.29, 0.717) is 17.5 Å². The molecule has 0 unspecified atom stereocenters. The van der Waals surface area contributed by atoms with Gasteiger partial charge in [0.15, 0.2) is 0 Å². The lowest BCUT2D eigenvalue weighted by molar-refractivity contribution is -0.137. The van der Waals surface area contributed by atoms with E-state index >= 15 is 0 Å². The number of anilines is 1. The summed E-state index contributed by atoms with van der Waals surface area (Å²) in [5, 5.41) is 8.03. The number of nitrogens with zero attached hydrogens (tertiary/aromatic N) is 7. The molecule has 0 bridgehead atoms. The SMILES string of the molecule is CN1CCN(c2cncc(-c3cn(C(=C/C=O)/C(F)=C\C=C\c4cc(C(F)(F)F)ccn4)nn3)c2)CC1. The fourth-order valence-corrected chi connectivity index (χ4v) is 3.68. The van der Waals surface area contributed by atoms with Gasteiger partial charge in [0.2, 0.25) is 0 Å². The molecule has 1 saturated heterocycles. The summed E-state index contributed by atoms with van der Waals surface area (Å²) in [5.74, 6) is -0.851. The van der Waals surface area contributed by atoms with Crippen molar-refractivity contribution < 1.29 is 22.4 Å². The summed E-state index contributed by atoms with van der Waals surface area (Å²) in [6.07, 6.45) is 6.13. The number of piperazine rings is 1. The minimum atomic E-state index is -4.52. The second kappa shape index (κ2) is 11.2. The Labute approximate surface area is 210 Å². The van der Waals surface area contributed by atoms with Gasteiger partial charge in [0.1, 0.15) is 23.5 Å². The molecule has 0 atom stereocenters. The number of alkyl halides is 3. The maximum Gasteiger partial charge on any atom is 0.416 e. The van der Waals surface area contributed by atoms with Gasteiger partial charge in [-0.15, -0.1) is 5.10 Å². The summed E-state index contributed by atoms with van der Waals surface area (Å²) >= 11 is 0. The summed E-state index contributed by atoms with van der Waals surface area (Å²) in [6, 6.07) is 3.61. The van der Waals surface area contributed by atoms with E-state index in [-0.39, 0.29) is 11.4 Å². The van der Waals surface area contributed by atoms with Gasteiger partial charge >= 0.3 is 6.18 Å². The Morgan fingerprint density at radius 1 is 1.08 bits per heavy atom. The summed E-state index contributed by atoms with van der Waals surface area (Å²) < 4.78 is 54.6. The Morgan fingerprint density at radius 3 is 2.59 bits per heavy atom. The maximum atomic E-state index is 14.9. The van der Waals surface area contributed by atoms with Crippen LogP contribution >= 0.6 is 0 Å². The van der Waals surface area contributed by atoms with Crippen molar-refractivity contribution in [2.75, 3.05) is 38.1 Å². The highest BCUT2D eigenvalue weighted by atomic mass is 19.4. The molecule has 12 heteroatoms. The number of allylic oxidation sites excluding steroid dienone is 5. The number of aldehydes is 1. The second-order valence-electron chi connectivity index (χ2n) is 8.30. The molecule has 3 aromatic heterocycles. The molecule has 8 nitrogen and oxygen atoms in total. The first-order valence-electron chi connectivity index (χ1n) is 11.3. The first-order chi connectivity index (χ1) is 17.7. The van der Waals surface area contributed by atoms with Crippen LogP contribution in [0.5, 0.6) is 0 Å². The molecule has 3 aromatic rings. The Kier molecular flexibility index (Phi) is 7.87. The van der Waals surface area contributed by atoms with Crippen molar-refractivity contribution >= 4 is 23.7 Å². The van der Waals surface area contributed by atoms with Crippen LogP contribution in [0, 0.1) is 0 Å². The van der Waals surface area contributed by atoms with Crippen LogP contribution in [0.2, 0.25) is 0 Å². The Bertz CT molecular complexity index is 1340. The molecule has 37 heavy (non-hydrogen) atoms. The number of halogens is 4. The van der Waals surface area contributed by atoms with Gasteiger partial charge in [-0.1, -0.05) is 11.3 Å². The molecule has 0 radical (unpaired) electrons.